The third kappa shape index (κ3) is 4.03. The molecule has 0 radical (unpaired) electrons. The Bertz CT molecular complexity index is 1390. The summed E-state index contributed by atoms with van der Waals surface area (Å²) < 4.78 is 73.8. The minimum Gasteiger partial charge on any atom is -0.386 e. The maximum absolute atomic E-state index is 15.1. The molecule has 0 saturated heterocycles. The second-order valence-corrected chi connectivity index (χ2v) is 12.4. The van der Waals surface area contributed by atoms with Gasteiger partial charge >= 0.3 is 0 Å². The van der Waals surface area contributed by atoms with Crippen LogP contribution >= 0.6 is 11.6 Å². The van der Waals surface area contributed by atoms with Gasteiger partial charge in [-0.2, -0.15) is 0 Å². The topological polar surface area (TPSA) is 123 Å². The van der Waals surface area contributed by atoms with Gasteiger partial charge in [0.1, 0.15) is 51.5 Å². The molecule has 1 amide bonds. The summed E-state index contributed by atoms with van der Waals surface area (Å²) in [5, 5.41) is 0.661. The van der Waals surface area contributed by atoms with Gasteiger partial charge in [0.15, 0.2) is 0 Å². The average Bonchev–Trinajstić information content (AvgIpc) is 2.75. The van der Waals surface area contributed by atoms with Gasteiger partial charge in [-0.3, -0.25) is 9.79 Å². The molecule has 35 heavy (non-hydrogen) atoms. The lowest BCUT2D eigenvalue weighted by molar-refractivity contribution is -0.00686. The molecule has 0 saturated carbocycles. The Hall–Kier alpha value is -2.80. The van der Waals surface area contributed by atoms with E-state index in [4.69, 9.17) is 17.3 Å². The maximum atomic E-state index is 15.1. The normalized spacial score (nSPS) is 28.9. The molecule has 2 aliphatic rings. The van der Waals surface area contributed by atoms with Crippen LogP contribution in [-0.4, -0.2) is 48.4 Å². The Morgan fingerprint density at radius 3 is 2.60 bits per heavy atom. The number of fused-ring (bicyclic) bond motifs is 1. The largest absolute Gasteiger partial charge is 0.386 e. The van der Waals surface area contributed by atoms with Gasteiger partial charge in [-0.15, -0.1) is 0 Å². The number of amidine groups is 1. The lowest BCUT2D eigenvalue weighted by Crippen LogP contribution is -2.62. The summed E-state index contributed by atoms with van der Waals surface area (Å²) in [6.07, 6.45) is -0.0885. The van der Waals surface area contributed by atoms with Crippen molar-refractivity contribution in [3.8, 4) is 0 Å². The number of hydrogen-bond acceptors (Lipinski definition) is 7. The van der Waals surface area contributed by atoms with Gasteiger partial charge in [-0.1, -0.05) is 11.6 Å². The van der Waals surface area contributed by atoms with Crippen molar-refractivity contribution in [3.63, 3.8) is 0 Å². The number of carbonyl (C=O) groups is 1. The van der Waals surface area contributed by atoms with E-state index in [9.17, 15) is 22.2 Å². The van der Waals surface area contributed by atoms with Crippen LogP contribution in [0.3, 0.4) is 0 Å². The number of aromatic nitrogens is 2. The smallest absolute Gasteiger partial charge is 0.276 e. The van der Waals surface area contributed by atoms with Crippen LogP contribution in [0.15, 0.2) is 33.8 Å². The highest BCUT2D eigenvalue weighted by Gasteiger charge is 2.60. The first-order valence-electron chi connectivity index (χ1n) is 10.3. The average molecular weight is 533 g/mol. The Morgan fingerprint density at radius 1 is 1.26 bits per heavy atom. The van der Waals surface area contributed by atoms with Gasteiger partial charge in [0.2, 0.25) is 0 Å². The SMILES string of the molecule is CC1(C)C(N)=N[C@](C)(c2nc(NC(=O)c3ncc(F)cc3Cl)ccc2F)[C@H]2CC(F)(F)CN=[S@@]21=O. The molecule has 0 bridgehead atoms. The van der Waals surface area contributed by atoms with E-state index >= 15 is 4.39 Å². The lowest BCUT2D eigenvalue weighted by atomic mass is 9.88. The van der Waals surface area contributed by atoms with Crippen LogP contribution in [0.5, 0.6) is 0 Å². The Labute approximate surface area is 203 Å². The zero-order chi connectivity index (χ0) is 26.0. The number of carbonyl (C=O) groups excluding carboxylic acids is 1. The number of nitrogens with two attached hydrogens (primary N) is 1. The highest BCUT2D eigenvalue weighted by atomic mass is 35.5. The van der Waals surface area contributed by atoms with Gasteiger partial charge in [0, 0.05) is 6.42 Å². The fraction of sp³-hybridized carbons (Fsp3) is 0.429. The summed E-state index contributed by atoms with van der Waals surface area (Å²) in [5.74, 6) is -6.20. The highest BCUT2D eigenvalue weighted by molar-refractivity contribution is 7.96. The van der Waals surface area contributed by atoms with E-state index in [-0.39, 0.29) is 22.4 Å². The van der Waals surface area contributed by atoms with Crippen molar-refractivity contribution in [3.05, 3.63) is 52.4 Å². The van der Waals surface area contributed by atoms with Crippen molar-refractivity contribution in [2.24, 2.45) is 15.1 Å². The number of hydrogen-bond donors (Lipinski definition) is 2. The summed E-state index contributed by atoms with van der Waals surface area (Å²) in [5.41, 5.74) is 3.46. The number of amides is 1. The molecule has 2 aromatic rings. The van der Waals surface area contributed by atoms with Crippen LogP contribution in [0.25, 0.3) is 0 Å². The van der Waals surface area contributed by atoms with E-state index in [1.54, 1.807) is 0 Å². The first-order chi connectivity index (χ1) is 16.1. The Morgan fingerprint density at radius 2 is 1.94 bits per heavy atom. The number of aliphatic imine (C=N–C) groups is 1. The molecule has 0 spiro atoms. The molecule has 2 aliphatic heterocycles. The minimum absolute atomic E-state index is 0.145. The van der Waals surface area contributed by atoms with E-state index in [2.05, 4.69) is 24.6 Å². The highest BCUT2D eigenvalue weighted by Crippen LogP contribution is 2.49. The molecule has 4 heterocycles. The van der Waals surface area contributed by atoms with Crippen molar-refractivity contribution < 1.29 is 26.6 Å². The quantitative estimate of drug-likeness (QED) is 0.580. The van der Waals surface area contributed by atoms with Crippen molar-refractivity contribution >= 4 is 38.9 Å². The van der Waals surface area contributed by atoms with E-state index in [1.165, 1.54) is 20.8 Å². The molecular formula is C21H21ClF4N6O2S. The van der Waals surface area contributed by atoms with Gasteiger partial charge in [-0.05, 0) is 39.0 Å². The fourth-order valence-corrected chi connectivity index (χ4v) is 7.63. The molecule has 3 atom stereocenters. The maximum Gasteiger partial charge on any atom is 0.276 e. The number of halogens is 5. The van der Waals surface area contributed by atoms with Crippen LogP contribution in [0, 0.1) is 11.6 Å². The Balaban J connectivity index is 1.82. The summed E-state index contributed by atoms with van der Waals surface area (Å²) in [7, 11) is -3.46. The predicted octanol–water partition coefficient (Wildman–Crippen LogP) is 3.90. The number of alkyl halides is 2. The number of pyridine rings is 2. The minimum atomic E-state index is -3.46. The summed E-state index contributed by atoms with van der Waals surface area (Å²) in [4.78, 5) is 24.6. The van der Waals surface area contributed by atoms with Crippen LogP contribution in [0.4, 0.5) is 23.4 Å². The fourth-order valence-electron chi connectivity index (χ4n) is 4.19. The summed E-state index contributed by atoms with van der Waals surface area (Å²) in [6, 6.07) is 2.96. The molecule has 4 rings (SSSR count). The zero-order valence-corrected chi connectivity index (χ0v) is 20.4. The van der Waals surface area contributed by atoms with E-state index in [0.29, 0.717) is 0 Å². The van der Waals surface area contributed by atoms with Crippen molar-refractivity contribution in [2.75, 3.05) is 11.9 Å². The van der Waals surface area contributed by atoms with E-state index in [0.717, 1.165) is 24.4 Å². The Kier molecular flexibility index (Phi) is 5.87. The number of nitrogens with one attached hydrogen (secondary N) is 1. The number of anilines is 1. The number of rotatable bonds is 3. The van der Waals surface area contributed by atoms with E-state index in [1.807, 2.05) is 0 Å². The first kappa shape index (κ1) is 25.3. The van der Waals surface area contributed by atoms with E-state index < -0.39 is 67.4 Å². The van der Waals surface area contributed by atoms with Crippen LogP contribution in [0.2, 0.25) is 5.02 Å². The van der Waals surface area contributed by atoms with Crippen molar-refractivity contribution in [1.82, 2.24) is 9.97 Å². The third-order valence-electron chi connectivity index (χ3n) is 6.27. The van der Waals surface area contributed by atoms with Gasteiger partial charge in [0.05, 0.1) is 26.2 Å². The second-order valence-electron chi connectivity index (χ2n) is 9.02. The summed E-state index contributed by atoms with van der Waals surface area (Å²) >= 11 is 5.86. The standard InChI is InChI=1S/C21H21ClF4N6O2S/c1-19(2)18(27)32-20(3,13-7-21(25,26)9-29-35(13,19)34)16-12(24)4-5-14(30-16)31-17(33)15-11(22)6-10(23)8-28-15/h4-6,8,13H,7,9H2,1-3H3,(H2,27,32)(H,30,31,33)/t13-,20+,35-/m1/s1. The molecule has 3 N–H and O–H groups in total. The van der Waals surface area contributed by atoms with Crippen LogP contribution in [0.1, 0.15) is 43.4 Å². The zero-order valence-electron chi connectivity index (χ0n) is 18.8. The molecule has 8 nitrogen and oxygen atoms in total. The first-order valence-corrected chi connectivity index (χ1v) is 12.3. The molecule has 0 fully saturated rings. The van der Waals surface area contributed by atoms with Gasteiger partial charge < -0.3 is 11.1 Å². The van der Waals surface area contributed by atoms with Gasteiger partial charge in [-0.25, -0.2) is 36.1 Å². The monoisotopic (exact) mass is 532 g/mol. The molecule has 2 aromatic heterocycles. The predicted molar refractivity (Wildman–Crippen MR) is 123 cm³/mol. The van der Waals surface area contributed by atoms with Crippen molar-refractivity contribution in [1.29, 1.82) is 0 Å². The molecule has 188 valence electrons. The van der Waals surface area contributed by atoms with Gasteiger partial charge in [0.25, 0.3) is 11.8 Å². The second kappa shape index (κ2) is 8.12. The number of nitrogens with zero attached hydrogens (tertiary/aromatic N) is 4. The molecule has 0 aromatic carbocycles. The third-order valence-corrected chi connectivity index (χ3v) is 10.1. The molecule has 14 heteroatoms. The summed E-state index contributed by atoms with van der Waals surface area (Å²) in [6.45, 7) is 3.35. The molecule has 0 unspecified atom stereocenters. The van der Waals surface area contributed by atoms with Crippen molar-refractivity contribution in [2.45, 2.75) is 48.7 Å². The lowest BCUT2D eigenvalue weighted by Gasteiger charge is -2.48. The van der Waals surface area contributed by atoms with Crippen LogP contribution in [-0.2, 0) is 15.3 Å². The molecular weight excluding hydrogens is 512 g/mol. The van der Waals surface area contributed by atoms with Crippen LogP contribution < -0.4 is 11.1 Å². The molecule has 0 aliphatic carbocycles.